The predicted octanol–water partition coefficient (Wildman–Crippen LogP) is 3.19. The van der Waals surface area contributed by atoms with Crippen molar-refractivity contribution in [3.05, 3.63) is 71.8 Å². The van der Waals surface area contributed by atoms with Gasteiger partial charge in [-0.1, -0.05) is 42.5 Å². The van der Waals surface area contributed by atoms with Crippen LogP contribution in [0.1, 0.15) is 37.8 Å². The molecule has 1 fully saturated rings. The average Bonchev–Trinajstić information content (AvgIpc) is 3.44. The van der Waals surface area contributed by atoms with Gasteiger partial charge in [0.05, 0.1) is 10.4 Å². The Labute approximate surface area is 160 Å². The van der Waals surface area contributed by atoms with Crippen molar-refractivity contribution >= 4 is 22.0 Å². The van der Waals surface area contributed by atoms with Gasteiger partial charge in [0.15, 0.2) is 0 Å². The molecule has 0 aromatic heterocycles. The van der Waals surface area contributed by atoms with Crippen molar-refractivity contribution in [2.75, 3.05) is 0 Å². The van der Waals surface area contributed by atoms with Crippen LogP contribution < -0.4 is 10.0 Å². The molecule has 0 bridgehead atoms. The molecule has 0 saturated heterocycles. The highest BCUT2D eigenvalue weighted by molar-refractivity contribution is 7.89. The van der Waals surface area contributed by atoms with Gasteiger partial charge in [-0.3, -0.25) is 4.79 Å². The summed E-state index contributed by atoms with van der Waals surface area (Å²) in [5, 5.41) is 2.98. The molecule has 1 amide bonds. The zero-order valence-corrected chi connectivity index (χ0v) is 16.3. The Morgan fingerprint density at radius 1 is 1.04 bits per heavy atom. The quantitative estimate of drug-likeness (QED) is 0.720. The molecule has 6 heteroatoms. The molecule has 2 N–H and O–H groups in total. The first-order valence-electron chi connectivity index (χ1n) is 8.94. The van der Waals surface area contributed by atoms with E-state index in [0.717, 1.165) is 24.0 Å². The van der Waals surface area contributed by atoms with E-state index in [1.165, 1.54) is 6.08 Å². The highest BCUT2D eigenvalue weighted by atomic mass is 32.2. The highest BCUT2D eigenvalue weighted by Crippen LogP contribution is 2.22. The Balaban J connectivity index is 1.62. The van der Waals surface area contributed by atoms with Gasteiger partial charge in [-0.2, -0.15) is 0 Å². The zero-order valence-electron chi connectivity index (χ0n) is 15.5. The van der Waals surface area contributed by atoms with Gasteiger partial charge in [0.25, 0.3) is 0 Å². The standard InChI is InChI=1S/C21H24N2O3S/c1-21(2,17-6-4-3-5-7-17)22-20(24)15-10-16-8-13-19(14-9-16)27(25,26)23-18-11-12-18/h3-10,13-15,18,23H,11-12H2,1-2H3,(H,22,24)/b15-10+. The van der Waals surface area contributed by atoms with Gasteiger partial charge in [0.1, 0.15) is 0 Å². The molecule has 0 aliphatic heterocycles. The number of rotatable bonds is 7. The molecule has 0 heterocycles. The second-order valence-electron chi connectivity index (χ2n) is 7.28. The number of nitrogens with one attached hydrogen (secondary N) is 2. The average molecular weight is 385 g/mol. The predicted molar refractivity (Wildman–Crippen MR) is 106 cm³/mol. The first kappa shape index (κ1) is 19.3. The van der Waals surface area contributed by atoms with Gasteiger partial charge in [-0.25, -0.2) is 13.1 Å². The Bertz CT molecular complexity index is 929. The maximum Gasteiger partial charge on any atom is 0.244 e. The summed E-state index contributed by atoms with van der Waals surface area (Å²) in [7, 11) is -3.45. The van der Waals surface area contributed by atoms with Gasteiger partial charge in [0, 0.05) is 12.1 Å². The van der Waals surface area contributed by atoms with E-state index in [9.17, 15) is 13.2 Å². The number of sulfonamides is 1. The molecule has 27 heavy (non-hydrogen) atoms. The van der Waals surface area contributed by atoms with Gasteiger partial charge >= 0.3 is 0 Å². The Hall–Kier alpha value is -2.44. The van der Waals surface area contributed by atoms with Crippen molar-refractivity contribution in [2.24, 2.45) is 0 Å². The third kappa shape index (κ3) is 5.28. The smallest absolute Gasteiger partial charge is 0.244 e. The lowest BCUT2D eigenvalue weighted by molar-refractivity contribution is -0.118. The van der Waals surface area contributed by atoms with Crippen LogP contribution in [0.15, 0.2) is 65.6 Å². The first-order valence-corrected chi connectivity index (χ1v) is 10.4. The van der Waals surface area contributed by atoms with Crippen LogP contribution in [-0.2, 0) is 20.4 Å². The Morgan fingerprint density at radius 3 is 2.26 bits per heavy atom. The number of carbonyl (C=O) groups excluding carboxylic acids is 1. The first-order chi connectivity index (χ1) is 12.8. The third-order valence-corrected chi connectivity index (χ3v) is 5.98. The summed E-state index contributed by atoms with van der Waals surface area (Å²) < 4.78 is 27.0. The molecule has 1 saturated carbocycles. The molecule has 2 aromatic rings. The van der Waals surface area contributed by atoms with E-state index in [2.05, 4.69) is 10.0 Å². The molecule has 2 aromatic carbocycles. The number of benzene rings is 2. The molecule has 1 aliphatic carbocycles. The number of amides is 1. The summed E-state index contributed by atoms with van der Waals surface area (Å²) in [6, 6.07) is 16.3. The van der Waals surface area contributed by atoms with Crippen LogP contribution in [-0.4, -0.2) is 20.4 Å². The Kier molecular flexibility index (Phi) is 5.48. The van der Waals surface area contributed by atoms with Crippen LogP contribution in [0.3, 0.4) is 0 Å². The molecule has 0 radical (unpaired) electrons. The van der Waals surface area contributed by atoms with E-state index in [1.54, 1.807) is 30.3 Å². The molecule has 0 atom stereocenters. The Morgan fingerprint density at radius 2 is 1.67 bits per heavy atom. The summed E-state index contributed by atoms with van der Waals surface area (Å²) in [5.41, 5.74) is 1.28. The summed E-state index contributed by atoms with van der Waals surface area (Å²) in [4.78, 5) is 12.5. The van der Waals surface area contributed by atoms with E-state index < -0.39 is 15.6 Å². The fraction of sp³-hybridized carbons (Fsp3) is 0.286. The fourth-order valence-electron chi connectivity index (χ4n) is 2.70. The molecule has 142 valence electrons. The largest absolute Gasteiger partial charge is 0.344 e. The minimum Gasteiger partial charge on any atom is -0.344 e. The summed E-state index contributed by atoms with van der Waals surface area (Å²) >= 11 is 0. The number of hydrogen-bond donors (Lipinski definition) is 2. The van der Waals surface area contributed by atoms with Crippen molar-refractivity contribution < 1.29 is 13.2 Å². The molecular formula is C21H24N2O3S. The second-order valence-corrected chi connectivity index (χ2v) is 8.99. The molecule has 5 nitrogen and oxygen atoms in total. The molecule has 3 rings (SSSR count). The van der Waals surface area contributed by atoms with Crippen molar-refractivity contribution in [1.29, 1.82) is 0 Å². The van der Waals surface area contributed by atoms with Gasteiger partial charge < -0.3 is 5.32 Å². The van der Waals surface area contributed by atoms with Crippen LogP contribution in [0, 0.1) is 0 Å². The minimum absolute atomic E-state index is 0.0752. The summed E-state index contributed by atoms with van der Waals surface area (Å²) in [5.74, 6) is -0.212. The van der Waals surface area contributed by atoms with Crippen LogP contribution in [0.25, 0.3) is 6.08 Å². The maximum atomic E-state index is 12.3. The maximum absolute atomic E-state index is 12.3. The van der Waals surface area contributed by atoms with Crippen LogP contribution in [0.4, 0.5) is 0 Å². The third-order valence-electron chi connectivity index (χ3n) is 4.45. The van der Waals surface area contributed by atoms with Crippen LogP contribution in [0.5, 0.6) is 0 Å². The van der Waals surface area contributed by atoms with E-state index in [-0.39, 0.29) is 16.8 Å². The lowest BCUT2D eigenvalue weighted by Gasteiger charge is -2.26. The van der Waals surface area contributed by atoms with E-state index in [4.69, 9.17) is 0 Å². The second kappa shape index (κ2) is 7.66. The van der Waals surface area contributed by atoms with Crippen molar-refractivity contribution in [3.63, 3.8) is 0 Å². The molecule has 0 unspecified atom stereocenters. The monoisotopic (exact) mass is 384 g/mol. The number of carbonyl (C=O) groups is 1. The highest BCUT2D eigenvalue weighted by Gasteiger charge is 2.27. The van der Waals surface area contributed by atoms with E-state index in [0.29, 0.717) is 0 Å². The van der Waals surface area contributed by atoms with Gasteiger partial charge in [-0.05, 0) is 56.0 Å². The normalized spacial score (nSPS) is 15.0. The molecular weight excluding hydrogens is 360 g/mol. The van der Waals surface area contributed by atoms with Crippen molar-refractivity contribution in [2.45, 2.75) is 43.2 Å². The lowest BCUT2D eigenvalue weighted by Crippen LogP contribution is -2.40. The SMILES string of the molecule is CC(C)(NC(=O)/C=C/c1ccc(S(=O)(=O)NC2CC2)cc1)c1ccccc1. The minimum atomic E-state index is -3.45. The number of hydrogen-bond acceptors (Lipinski definition) is 3. The summed E-state index contributed by atoms with van der Waals surface area (Å²) in [6.07, 6.45) is 4.92. The van der Waals surface area contributed by atoms with E-state index >= 15 is 0 Å². The van der Waals surface area contributed by atoms with Crippen LogP contribution >= 0.6 is 0 Å². The molecule has 0 spiro atoms. The molecule has 1 aliphatic rings. The van der Waals surface area contributed by atoms with Crippen molar-refractivity contribution in [1.82, 2.24) is 10.0 Å². The van der Waals surface area contributed by atoms with Gasteiger partial charge in [-0.15, -0.1) is 0 Å². The summed E-state index contributed by atoms with van der Waals surface area (Å²) in [6.45, 7) is 3.89. The van der Waals surface area contributed by atoms with Gasteiger partial charge in [0.2, 0.25) is 15.9 Å². The lowest BCUT2D eigenvalue weighted by atomic mass is 9.94. The van der Waals surface area contributed by atoms with Crippen LogP contribution in [0.2, 0.25) is 0 Å². The van der Waals surface area contributed by atoms with Crippen molar-refractivity contribution in [3.8, 4) is 0 Å². The topological polar surface area (TPSA) is 75.3 Å². The van der Waals surface area contributed by atoms with E-state index in [1.807, 2.05) is 44.2 Å². The zero-order chi connectivity index (χ0) is 19.5. The fourth-order valence-corrected chi connectivity index (χ4v) is 4.00.